The van der Waals surface area contributed by atoms with E-state index in [0.29, 0.717) is 29.6 Å². The van der Waals surface area contributed by atoms with Crippen molar-refractivity contribution in [2.75, 3.05) is 11.4 Å². The molecule has 0 bridgehead atoms. The third kappa shape index (κ3) is 3.01. The maximum atomic E-state index is 14.1. The topological polar surface area (TPSA) is 55.2 Å². The molecule has 138 valence electrons. The molecule has 0 saturated carbocycles. The summed E-state index contributed by atoms with van der Waals surface area (Å²) in [5.74, 6) is 0.00727. The number of anilines is 1. The van der Waals surface area contributed by atoms with Gasteiger partial charge in [-0.1, -0.05) is 12.1 Å². The van der Waals surface area contributed by atoms with E-state index in [-0.39, 0.29) is 17.2 Å². The predicted octanol–water partition coefficient (Wildman–Crippen LogP) is 3.54. The minimum absolute atomic E-state index is 0.0600. The van der Waals surface area contributed by atoms with E-state index in [9.17, 15) is 14.0 Å². The molecule has 0 atom stereocenters. The molecular weight excluding hydrogens is 345 g/mol. The molecule has 5 nitrogen and oxygen atoms in total. The molecule has 1 amide bonds. The van der Waals surface area contributed by atoms with Gasteiger partial charge in [-0.15, -0.1) is 0 Å². The molecule has 1 aliphatic rings. The van der Waals surface area contributed by atoms with Crippen LogP contribution in [-0.4, -0.2) is 22.0 Å². The summed E-state index contributed by atoms with van der Waals surface area (Å²) in [7, 11) is 0. The van der Waals surface area contributed by atoms with E-state index in [2.05, 4.69) is 4.98 Å². The molecule has 0 fully saturated rings. The van der Waals surface area contributed by atoms with E-state index in [0.717, 1.165) is 25.1 Å². The van der Waals surface area contributed by atoms with Crippen molar-refractivity contribution in [2.45, 2.75) is 32.7 Å². The highest BCUT2D eigenvalue weighted by atomic mass is 19.1. The van der Waals surface area contributed by atoms with Crippen molar-refractivity contribution in [1.82, 2.24) is 9.55 Å². The molecule has 6 heteroatoms. The lowest BCUT2D eigenvalue weighted by Crippen LogP contribution is -2.32. The van der Waals surface area contributed by atoms with Crippen molar-refractivity contribution in [1.29, 1.82) is 0 Å². The lowest BCUT2D eigenvalue weighted by atomic mass is 10.1. The van der Waals surface area contributed by atoms with Gasteiger partial charge in [0.2, 0.25) is 0 Å². The van der Waals surface area contributed by atoms with E-state index in [1.54, 1.807) is 47.9 Å². The van der Waals surface area contributed by atoms with Gasteiger partial charge in [-0.05, 0) is 50.1 Å². The number of aromatic nitrogens is 2. The van der Waals surface area contributed by atoms with Crippen molar-refractivity contribution < 1.29 is 9.18 Å². The Balaban J connectivity index is 1.78. The first-order valence-electron chi connectivity index (χ1n) is 9.20. The number of para-hydroxylation sites is 1. The van der Waals surface area contributed by atoms with Crippen LogP contribution < -0.4 is 10.5 Å². The SMILES string of the molecule is CCN(C(=O)c1ccc2c(=O)n3c(nc2c1)CCCC3)c1ccccc1F. The van der Waals surface area contributed by atoms with Gasteiger partial charge in [0.25, 0.3) is 11.5 Å². The zero-order valence-corrected chi connectivity index (χ0v) is 15.1. The third-order valence-corrected chi connectivity index (χ3v) is 5.02. The van der Waals surface area contributed by atoms with Gasteiger partial charge in [0.1, 0.15) is 11.6 Å². The molecule has 4 rings (SSSR count). The van der Waals surface area contributed by atoms with Crippen molar-refractivity contribution in [3.8, 4) is 0 Å². The molecule has 0 N–H and O–H groups in total. The Morgan fingerprint density at radius 1 is 1.22 bits per heavy atom. The van der Waals surface area contributed by atoms with Crippen LogP contribution in [-0.2, 0) is 13.0 Å². The monoisotopic (exact) mass is 365 g/mol. The van der Waals surface area contributed by atoms with Crippen LogP contribution in [0.1, 0.15) is 35.9 Å². The molecule has 0 unspecified atom stereocenters. The summed E-state index contributed by atoms with van der Waals surface area (Å²) in [6.07, 6.45) is 2.75. The van der Waals surface area contributed by atoms with Crippen molar-refractivity contribution in [3.05, 3.63) is 70.0 Å². The number of carbonyl (C=O) groups excluding carboxylic acids is 1. The minimum atomic E-state index is -0.445. The van der Waals surface area contributed by atoms with Crippen LogP contribution in [0, 0.1) is 5.82 Å². The summed E-state index contributed by atoms with van der Waals surface area (Å²) in [4.78, 5) is 31.7. The van der Waals surface area contributed by atoms with Crippen molar-refractivity contribution >= 4 is 22.5 Å². The highest BCUT2D eigenvalue weighted by Gasteiger charge is 2.21. The molecule has 3 aromatic rings. The van der Waals surface area contributed by atoms with Gasteiger partial charge in [0.05, 0.1) is 16.6 Å². The van der Waals surface area contributed by atoms with Crippen LogP contribution in [0.25, 0.3) is 10.9 Å². The van der Waals surface area contributed by atoms with Crippen LogP contribution >= 0.6 is 0 Å². The Labute approximate surface area is 156 Å². The fourth-order valence-corrected chi connectivity index (χ4v) is 3.62. The van der Waals surface area contributed by atoms with Crippen LogP contribution in [0.3, 0.4) is 0 Å². The fraction of sp³-hybridized carbons (Fsp3) is 0.286. The van der Waals surface area contributed by atoms with E-state index in [4.69, 9.17) is 0 Å². The van der Waals surface area contributed by atoms with E-state index in [1.807, 2.05) is 0 Å². The van der Waals surface area contributed by atoms with Gasteiger partial charge in [0.15, 0.2) is 0 Å². The van der Waals surface area contributed by atoms with Crippen LogP contribution in [0.15, 0.2) is 47.3 Å². The Morgan fingerprint density at radius 3 is 2.81 bits per heavy atom. The number of carbonyl (C=O) groups is 1. The Hall–Kier alpha value is -3.02. The largest absolute Gasteiger partial charge is 0.306 e. The zero-order valence-electron chi connectivity index (χ0n) is 15.1. The summed E-state index contributed by atoms with van der Waals surface area (Å²) in [5.41, 5.74) is 1.09. The van der Waals surface area contributed by atoms with Gasteiger partial charge in [-0.25, -0.2) is 9.37 Å². The number of aryl methyl sites for hydroxylation is 1. The first-order valence-corrected chi connectivity index (χ1v) is 9.20. The van der Waals surface area contributed by atoms with Crippen molar-refractivity contribution in [2.24, 2.45) is 0 Å². The number of fused-ring (bicyclic) bond motifs is 2. The molecule has 27 heavy (non-hydrogen) atoms. The Kier molecular flexibility index (Phi) is 4.48. The van der Waals surface area contributed by atoms with Crippen LogP contribution in [0.4, 0.5) is 10.1 Å². The van der Waals surface area contributed by atoms with Crippen molar-refractivity contribution in [3.63, 3.8) is 0 Å². The standard InChI is InChI=1S/C21H20FN3O2/c1-2-24(18-8-4-3-7-16(18)22)20(26)14-10-11-15-17(13-14)23-19-9-5-6-12-25(19)21(15)27/h3-4,7-8,10-11,13H,2,5-6,9,12H2,1H3. The maximum Gasteiger partial charge on any atom is 0.261 e. The third-order valence-electron chi connectivity index (χ3n) is 5.02. The van der Waals surface area contributed by atoms with Gasteiger partial charge >= 0.3 is 0 Å². The number of amides is 1. The van der Waals surface area contributed by atoms with Crippen LogP contribution in [0.2, 0.25) is 0 Å². The molecule has 2 aromatic carbocycles. The minimum Gasteiger partial charge on any atom is -0.306 e. The normalized spacial score (nSPS) is 13.4. The summed E-state index contributed by atoms with van der Waals surface area (Å²) in [6.45, 7) is 2.82. The zero-order chi connectivity index (χ0) is 19.0. The van der Waals surface area contributed by atoms with Crippen LogP contribution in [0.5, 0.6) is 0 Å². The number of hydrogen-bond donors (Lipinski definition) is 0. The number of benzene rings is 2. The Bertz CT molecular complexity index is 1090. The smallest absolute Gasteiger partial charge is 0.261 e. The lowest BCUT2D eigenvalue weighted by Gasteiger charge is -2.22. The summed E-state index contributed by atoms with van der Waals surface area (Å²) < 4.78 is 15.9. The molecule has 2 heterocycles. The van der Waals surface area contributed by atoms with Gasteiger partial charge in [-0.3, -0.25) is 14.2 Å². The highest BCUT2D eigenvalue weighted by Crippen LogP contribution is 2.22. The van der Waals surface area contributed by atoms with Gasteiger partial charge in [0, 0.05) is 25.1 Å². The lowest BCUT2D eigenvalue weighted by molar-refractivity contribution is 0.0987. The number of nitrogens with zero attached hydrogens (tertiary/aromatic N) is 3. The average molecular weight is 365 g/mol. The maximum absolute atomic E-state index is 14.1. The predicted molar refractivity (Wildman–Crippen MR) is 103 cm³/mol. The van der Waals surface area contributed by atoms with E-state index < -0.39 is 5.82 Å². The second-order valence-corrected chi connectivity index (χ2v) is 6.67. The number of hydrogen-bond acceptors (Lipinski definition) is 3. The second kappa shape index (κ2) is 6.95. The first kappa shape index (κ1) is 17.4. The molecule has 0 aliphatic carbocycles. The number of rotatable bonds is 3. The summed E-state index contributed by atoms with van der Waals surface area (Å²) >= 11 is 0. The molecule has 0 radical (unpaired) electrons. The first-order chi connectivity index (χ1) is 13.1. The highest BCUT2D eigenvalue weighted by molar-refractivity contribution is 6.07. The van der Waals surface area contributed by atoms with Gasteiger partial charge in [-0.2, -0.15) is 0 Å². The Morgan fingerprint density at radius 2 is 2.04 bits per heavy atom. The van der Waals surface area contributed by atoms with E-state index >= 15 is 0 Å². The van der Waals surface area contributed by atoms with Gasteiger partial charge < -0.3 is 4.90 Å². The second-order valence-electron chi connectivity index (χ2n) is 6.67. The number of halogens is 1. The van der Waals surface area contributed by atoms with E-state index in [1.165, 1.54) is 11.0 Å². The molecular formula is C21H20FN3O2. The molecule has 1 aliphatic heterocycles. The summed E-state index contributed by atoms with van der Waals surface area (Å²) in [5, 5.41) is 0.506. The fourth-order valence-electron chi connectivity index (χ4n) is 3.62. The summed E-state index contributed by atoms with van der Waals surface area (Å²) in [6, 6.07) is 11.1. The molecule has 0 spiro atoms. The quantitative estimate of drug-likeness (QED) is 0.713. The molecule has 1 aromatic heterocycles. The molecule has 0 saturated heterocycles. The average Bonchev–Trinajstić information content (AvgIpc) is 2.69.